The third-order valence-corrected chi connectivity index (χ3v) is 4.85. The third kappa shape index (κ3) is 3.47. The van der Waals surface area contributed by atoms with Gasteiger partial charge >= 0.3 is 0 Å². The Morgan fingerprint density at radius 1 is 1.17 bits per heavy atom. The average Bonchev–Trinajstić information content (AvgIpc) is 3.05. The summed E-state index contributed by atoms with van der Waals surface area (Å²) in [5.74, 6) is -2.10. The fourth-order valence-electron chi connectivity index (χ4n) is 2.12. The minimum Gasteiger partial charge on any atom is -0.298 e. The Bertz CT molecular complexity index is 896. The molecule has 0 aliphatic rings. The molecule has 0 unspecified atom stereocenters. The summed E-state index contributed by atoms with van der Waals surface area (Å²) in [6.07, 6.45) is 1.90. The number of hydrogen-bond acceptors (Lipinski definition) is 4. The predicted molar refractivity (Wildman–Crippen MR) is 93.6 cm³/mol. The quantitative estimate of drug-likeness (QED) is 0.660. The van der Waals surface area contributed by atoms with Crippen LogP contribution in [0.4, 0.5) is 13.9 Å². The van der Waals surface area contributed by atoms with Gasteiger partial charge in [-0.15, -0.1) is 23.1 Å². The standard InChI is InChI=1S/C17H12F2N2OS2/c1-23-15-5-3-2-4-11(15)16(22)21-17-20-14(9-24-17)10-6-7-12(18)13(19)8-10/h2-9H,1H3,(H,20,21,22). The van der Waals surface area contributed by atoms with Crippen LogP contribution in [0.15, 0.2) is 52.7 Å². The van der Waals surface area contributed by atoms with Gasteiger partial charge in [0.2, 0.25) is 0 Å². The minimum atomic E-state index is -0.931. The van der Waals surface area contributed by atoms with E-state index in [1.807, 2.05) is 18.4 Å². The van der Waals surface area contributed by atoms with Crippen molar-refractivity contribution in [2.75, 3.05) is 11.6 Å². The van der Waals surface area contributed by atoms with Crippen LogP contribution in [-0.2, 0) is 0 Å². The molecule has 0 atom stereocenters. The van der Waals surface area contributed by atoms with Crippen molar-refractivity contribution >= 4 is 34.1 Å². The van der Waals surface area contributed by atoms with Gasteiger partial charge in [0.05, 0.1) is 11.3 Å². The first-order valence-electron chi connectivity index (χ1n) is 6.94. The highest BCUT2D eigenvalue weighted by atomic mass is 32.2. The fourth-order valence-corrected chi connectivity index (χ4v) is 3.43. The summed E-state index contributed by atoms with van der Waals surface area (Å²) < 4.78 is 26.3. The number of amides is 1. The number of anilines is 1. The Balaban J connectivity index is 1.81. The van der Waals surface area contributed by atoms with E-state index >= 15 is 0 Å². The maximum absolute atomic E-state index is 13.3. The van der Waals surface area contributed by atoms with Gasteiger partial charge in [-0.3, -0.25) is 10.1 Å². The van der Waals surface area contributed by atoms with Gasteiger partial charge in [0, 0.05) is 15.8 Å². The lowest BCUT2D eigenvalue weighted by atomic mass is 10.2. The zero-order chi connectivity index (χ0) is 17.1. The average molecular weight is 362 g/mol. The molecular formula is C17H12F2N2OS2. The van der Waals surface area contributed by atoms with E-state index in [-0.39, 0.29) is 5.91 Å². The molecule has 1 amide bonds. The summed E-state index contributed by atoms with van der Waals surface area (Å²) in [6.45, 7) is 0. The summed E-state index contributed by atoms with van der Waals surface area (Å²) in [5, 5.41) is 4.82. The molecule has 0 aliphatic heterocycles. The van der Waals surface area contributed by atoms with Crippen LogP contribution in [-0.4, -0.2) is 17.1 Å². The van der Waals surface area contributed by atoms with E-state index in [1.165, 1.54) is 29.2 Å². The van der Waals surface area contributed by atoms with Gasteiger partial charge in [0.15, 0.2) is 16.8 Å². The van der Waals surface area contributed by atoms with E-state index in [0.29, 0.717) is 22.0 Å². The molecule has 2 aromatic carbocycles. The number of nitrogens with zero attached hydrogens (tertiary/aromatic N) is 1. The van der Waals surface area contributed by atoms with Crippen molar-refractivity contribution in [2.45, 2.75) is 4.90 Å². The van der Waals surface area contributed by atoms with Crippen molar-refractivity contribution in [2.24, 2.45) is 0 Å². The Morgan fingerprint density at radius 2 is 1.96 bits per heavy atom. The van der Waals surface area contributed by atoms with Crippen LogP contribution in [0.5, 0.6) is 0 Å². The molecule has 7 heteroatoms. The number of thioether (sulfide) groups is 1. The molecule has 3 rings (SSSR count). The topological polar surface area (TPSA) is 42.0 Å². The molecule has 0 radical (unpaired) electrons. The van der Waals surface area contributed by atoms with E-state index in [2.05, 4.69) is 10.3 Å². The number of carbonyl (C=O) groups excluding carboxylic acids is 1. The van der Waals surface area contributed by atoms with Crippen LogP contribution < -0.4 is 5.32 Å². The number of hydrogen-bond donors (Lipinski definition) is 1. The predicted octanol–water partition coefficient (Wildman–Crippen LogP) is 5.06. The lowest BCUT2D eigenvalue weighted by Gasteiger charge is -2.06. The smallest absolute Gasteiger partial charge is 0.258 e. The molecule has 0 saturated carbocycles. The van der Waals surface area contributed by atoms with E-state index in [1.54, 1.807) is 17.5 Å². The first kappa shape index (κ1) is 16.6. The van der Waals surface area contributed by atoms with Gasteiger partial charge in [-0.25, -0.2) is 13.8 Å². The molecule has 3 aromatic rings. The Labute approximate surface area is 145 Å². The van der Waals surface area contributed by atoms with Crippen molar-refractivity contribution < 1.29 is 13.6 Å². The number of thiazole rings is 1. The third-order valence-electron chi connectivity index (χ3n) is 3.29. The highest BCUT2D eigenvalue weighted by molar-refractivity contribution is 7.98. The van der Waals surface area contributed by atoms with Gasteiger partial charge < -0.3 is 0 Å². The summed E-state index contributed by atoms with van der Waals surface area (Å²) >= 11 is 2.71. The van der Waals surface area contributed by atoms with Gasteiger partial charge in [0.1, 0.15) is 0 Å². The molecular weight excluding hydrogens is 350 g/mol. The molecule has 24 heavy (non-hydrogen) atoms. The maximum atomic E-state index is 13.3. The van der Waals surface area contributed by atoms with Crippen LogP contribution in [0.2, 0.25) is 0 Å². The van der Waals surface area contributed by atoms with Crippen molar-refractivity contribution in [1.29, 1.82) is 0 Å². The van der Waals surface area contributed by atoms with E-state index in [0.717, 1.165) is 17.0 Å². The normalized spacial score (nSPS) is 10.6. The van der Waals surface area contributed by atoms with Crippen molar-refractivity contribution in [3.8, 4) is 11.3 Å². The molecule has 1 N–H and O–H groups in total. The van der Waals surface area contributed by atoms with Crippen LogP contribution in [0.3, 0.4) is 0 Å². The van der Waals surface area contributed by atoms with Crippen molar-refractivity contribution in [3.63, 3.8) is 0 Å². The largest absolute Gasteiger partial charge is 0.298 e. The second kappa shape index (κ2) is 7.11. The lowest BCUT2D eigenvalue weighted by molar-refractivity contribution is 0.102. The van der Waals surface area contributed by atoms with Crippen LogP contribution in [0.1, 0.15) is 10.4 Å². The molecule has 1 aromatic heterocycles. The van der Waals surface area contributed by atoms with E-state index in [4.69, 9.17) is 0 Å². The van der Waals surface area contributed by atoms with Crippen molar-refractivity contribution in [1.82, 2.24) is 4.98 Å². The summed E-state index contributed by atoms with van der Waals surface area (Å²) in [4.78, 5) is 17.5. The number of nitrogens with one attached hydrogen (secondary N) is 1. The maximum Gasteiger partial charge on any atom is 0.258 e. The Kier molecular flexibility index (Phi) is 4.92. The van der Waals surface area contributed by atoms with Gasteiger partial charge in [-0.1, -0.05) is 12.1 Å². The highest BCUT2D eigenvalue weighted by Crippen LogP contribution is 2.27. The highest BCUT2D eigenvalue weighted by Gasteiger charge is 2.13. The fraction of sp³-hybridized carbons (Fsp3) is 0.0588. The monoisotopic (exact) mass is 362 g/mol. The molecule has 0 bridgehead atoms. The van der Waals surface area contributed by atoms with Crippen LogP contribution in [0.25, 0.3) is 11.3 Å². The number of halogens is 2. The van der Waals surface area contributed by atoms with E-state index in [9.17, 15) is 13.6 Å². The molecule has 0 saturated heterocycles. The molecule has 122 valence electrons. The first-order valence-corrected chi connectivity index (χ1v) is 9.04. The first-order chi connectivity index (χ1) is 11.6. The zero-order valence-corrected chi connectivity index (χ0v) is 14.2. The summed E-state index contributed by atoms with van der Waals surface area (Å²) in [7, 11) is 0. The molecule has 3 nitrogen and oxygen atoms in total. The SMILES string of the molecule is CSc1ccccc1C(=O)Nc1nc(-c2ccc(F)c(F)c2)cs1. The summed E-state index contributed by atoms with van der Waals surface area (Å²) in [6, 6.07) is 10.9. The zero-order valence-electron chi connectivity index (χ0n) is 12.5. The molecule has 0 fully saturated rings. The Morgan fingerprint density at radius 3 is 2.71 bits per heavy atom. The molecule has 0 aliphatic carbocycles. The molecule has 0 spiro atoms. The second-order valence-electron chi connectivity index (χ2n) is 4.82. The van der Waals surface area contributed by atoms with Gasteiger partial charge in [-0.05, 0) is 36.6 Å². The van der Waals surface area contributed by atoms with E-state index < -0.39 is 11.6 Å². The van der Waals surface area contributed by atoms with Crippen molar-refractivity contribution in [3.05, 3.63) is 65.0 Å². The lowest BCUT2D eigenvalue weighted by Crippen LogP contribution is -2.12. The van der Waals surface area contributed by atoms with Crippen LogP contribution in [0, 0.1) is 11.6 Å². The number of benzene rings is 2. The Hall–Kier alpha value is -2.25. The number of carbonyl (C=O) groups is 1. The van der Waals surface area contributed by atoms with Crippen LogP contribution >= 0.6 is 23.1 Å². The van der Waals surface area contributed by atoms with Gasteiger partial charge in [-0.2, -0.15) is 0 Å². The molecule has 1 heterocycles. The minimum absolute atomic E-state index is 0.258. The van der Waals surface area contributed by atoms with Gasteiger partial charge in [0.25, 0.3) is 5.91 Å². The number of aromatic nitrogens is 1. The second-order valence-corrected chi connectivity index (χ2v) is 6.53. The number of rotatable bonds is 4. The summed E-state index contributed by atoms with van der Waals surface area (Å²) in [5.41, 5.74) is 1.50.